The third-order valence-electron chi connectivity index (χ3n) is 4.09. The molecule has 1 heterocycles. The van der Waals surface area contributed by atoms with Crippen LogP contribution in [0, 0.1) is 6.92 Å². The molecule has 0 radical (unpaired) electrons. The summed E-state index contributed by atoms with van der Waals surface area (Å²) in [6.07, 6.45) is 0. The zero-order valence-corrected chi connectivity index (χ0v) is 13.7. The molecule has 0 saturated heterocycles. The van der Waals surface area contributed by atoms with Crippen molar-refractivity contribution in [1.82, 2.24) is 4.90 Å². The molecule has 5 nitrogen and oxygen atoms in total. The average molecular weight is 325 g/mol. The number of hydrogen-bond acceptors (Lipinski definition) is 4. The van der Waals surface area contributed by atoms with Gasteiger partial charge < -0.3 is 14.7 Å². The summed E-state index contributed by atoms with van der Waals surface area (Å²) in [7, 11) is 0. The molecule has 124 valence electrons. The Bertz CT molecular complexity index is 796. The molecule has 1 aliphatic rings. The molecule has 0 fully saturated rings. The monoisotopic (exact) mass is 325 g/mol. The van der Waals surface area contributed by atoms with Gasteiger partial charge in [-0.15, -0.1) is 0 Å². The van der Waals surface area contributed by atoms with Crippen LogP contribution in [0.5, 0.6) is 11.5 Å². The number of fused-ring (bicyclic) bond motifs is 1. The Hall–Kier alpha value is -2.82. The van der Waals surface area contributed by atoms with Crippen molar-refractivity contribution < 1.29 is 19.4 Å². The van der Waals surface area contributed by atoms with Gasteiger partial charge in [-0.05, 0) is 30.2 Å². The van der Waals surface area contributed by atoms with Crippen LogP contribution in [0.25, 0.3) is 11.1 Å². The van der Waals surface area contributed by atoms with E-state index in [0.29, 0.717) is 17.9 Å². The van der Waals surface area contributed by atoms with Crippen molar-refractivity contribution in [2.75, 3.05) is 13.2 Å². The molecule has 0 aromatic heterocycles. The van der Waals surface area contributed by atoms with Crippen LogP contribution in [0.1, 0.15) is 18.1 Å². The highest BCUT2D eigenvalue weighted by atomic mass is 16.5. The molecular formula is C19H19NO4. The smallest absolute Gasteiger partial charge is 0.290 e. The molecule has 24 heavy (non-hydrogen) atoms. The van der Waals surface area contributed by atoms with E-state index in [1.165, 1.54) is 11.8 Å². The number of carbonyl (C=O) groups is 2. The van der Waals surface area contributed by atoms with Crippen molar-refractivity contribution in [3.63, 3.8) is 0 Å². The second-order valence-electron chi connectivity index (χ2n) is 5.98. The molecule has 5 heteroatoms. The van der Waals surface area contributed by atoms with E-state index in [4.69, 9.17) is 4.74 Å². The molecule has 0 saturated carbocycles. The van der Waals surface area contributed by atoms with Crippen molar-refractivity contribution in [2.24, 2.45) is 0 Å². The molecule has 0 atom stereocenters. The van der Waals surface area contributed by atoms with Crippen molar-refractivity contribution in [3.05, 3.63) is 47.5 Å². The van der Waals surface area contributed by atoms with Gasteiger partial charge >= 0.3 is 0 Å². The summed E-state index contributed by atoms with van der Waals surface area (Å²) in [5, 5.41) is 10.3. The Balaban J connectivity index is 2.00. The summed E-state index contributed by atoms with van der Waals surface area (Å²) < 4.78 is 5.59. The van der Waals surface area contributed by atoms with Crippen LogP contribution in [0.3, 0.4) is 0 Å². The molecule has 0 bridgehead atoms. The van der Waals surface area contributed by atoms with Crippen molar-refractivity contribution >= 4 is 11.7 Å². The second-order valence-corrected chi connectivity index (χ2v) is 5.98. The quantitative estimate of drug-likeness (QED) is 0.862. The number of rotatable bonds is 2. The predicted molar refractivity (Wildman–Crippen MR) is 89.9 cm³/mol. The number of ketones is 1. The van der Waals surface area contributed by atoms with E-state index in [2.05, 4.69) is 0 Å². The third kappa shape index (κ3) is 3.11. The van der Waals surface area contributed by atoms with Gasteiger partial charge in [-0.3, -0.25) is 9.59 Å². The van der Waals surface area contributed by atoms with E-state index in [1.807, 2.05) is 37.3 Å². The standard InChI is InChI=1S/C19H19NO4/c1-12-3-5-14(6-4-12)15-9-16-11-20(19(23)13(2)21)7-8-24-18(16)17(22)10-15/h3-6,9-10,22H,7-8,11H2,1-2H3. The van der Waals surface area contributed by atoms with E-state index >= 15 is 0 Å². The Morgan fingerprint density at radius 3 is 2.50 bits per heavy atom. The number of phenols is 1. The molecule has 1 amide bonds. The summed E-state index contributed by atoms with van der Waals surface area (Å²) >= 11 is 0. The SMILES string of the molecule is CC(=O)C(=O)N1CCOc2c(O)cc(-c3ccc(C)cc3)cc2C1. The van der Waals surface area contributed by atoms with Crippen LogP contribution >= 0.6 is 0 Å². The number of phenolic OH excluding ortho intramolecular Hbond substituents is 1. The molecular weight excluding hydrogens is 306 g/mol. The highest BCUT2D eigenvalue weighted by Crippen LogP contribution is 2.37. The maximum absolute atomic E-state index is 12.0. The van der Waals surface area contributed by atoms with E-state index in [0.717, 1.165) is 16.7 Å². The maximum atomic E-state index is 12.0. The van der Waals surface area contributed by atoms with Crippen LogP contribution in [0.2, 0.25) is 0 Å². The van der Waals surface area contributed by atoms with Gasteiger partial charge in [0, 0.05) is 12.5 Å². The highest BCUT2D eigenvalue weighted by Gasteiger charge is 2.24. The summed E-state index contributed by atoms with van der Waals surface area (Å²) in [5.41, 5.74) is 3.65. The molecule has 1 aliphatic heterocycles. The van der Waals surface area contributed by atoms with Gasteiger partial charge in [-0.25, -0.2) is 0 Å². The topological polar surface area (TPSA) is 66.8 Å². The molecule has 0 aliphatic carbocycles. The molecule has 0 spiro atoms. The highest BCUT2D eigenvalue weighted by molar-refractivity contribution is 6.35. The van der Waals surface area contributed by atoms with Crippen molar-refractivity contribution in [2.45, 2.75) is 20.4 Å². The maximum Gasteiger partial charge on any atom is 0.290 e. The fourth-order valence-electron chi connectivity index (χ4n) is 2.81. The first kappa shape index (κ1) is 16.1. The molecule has 0 unspecified atom stereocenters. The van der Waals surface area contributed by atoms with Gasteiger partial charge in [-0.1, -0.05) is 29.8 Å². The lowest BCUT2D eigenvalue weighted by molar-refractivity contribution is -0.144. The Morgan fingerprint density at radius 2 is 1.83 bits per heavy atom. The lowest BCUT2D eigenvalue weighted by Gasteiger charge is -2.18. The molecule has 3 rings (SSSR count). The fourth-order valence-corrected chi connectivity index (χ4v) is 2.81. The van der Waals surface area contributed by atoms with Gasteiger partial charge in [0.2, 0.25) is 5.78 Å². The first-order chi connectivity index (χ1) is 11.5. The summed E-state index contributed by atoms with van der Waals surface area (Å²) in [4.78, 5) is 24.8. The van der Waals surface area contributed by atoms with Crippen LogP contribution in [0.4, 0.5) is 0 Å². The molecule has 2 aromatic carbocycles. The van der Waals surface area contributed by atoms with Crippen LogP contribution in [-0.4, -0.2) is 34.8 Å². The van der Waals surface area contributed by atoms with Gasteiger partial charge in [0.1, 0.15) is 6.61 Å². The van der Waals surface area contributed by atoms with Crippen LogP contribution in [0.15, 0.2) is 36.4 Å². The second kappa shape index (κ2) is 6.35. The van der Waals surface area contributed by atoms with E-state index in [9.17, 15) is 14.7 Å². The number of amides is 1. The number of nitrogens with zero attached hydrogens (tertiary/aromatic N) is 1. The first-order valence-electron chi connectivity index (χ1n) is 7.81. The van der Waals surface area contributed by atoms with Gasteiger partial charge in [0.05, 0.1) is 13.1 Å². The minimum absolute atomic E-state index is 0.0419. The Labute approximate surface area is 140 Å². The fraction of sp³-hybridized carbons (Fsp3) is 0.263. The van der Waals surface area contributed by atoms with Crippen molar-refractivity contribution in [3.8, 4) is 22.6 Å². The van der Waals surface area contributed by atoms with Crippen LogP contribution in [-0.2, 0) is 16.1 Å². The number of benzene rings is 2. The summed E-state index contributed by atoms with van der Waals surface area (Å²) in [5.74, 6) is -0.617. The zero-order chi connectivity index (χ0) is 17.3. The largest absolute Gasteiger partial charge is 0.504 e. The van der Waals surface area contributed by atoms with E-state index in [-0.39, 0.29) is 18.9 Å². The van der Waals surface area contributed by atoms with Gasteiger partial charge in [0.25, 0.3) is 5.91 Å². The Kier molecular flexibility index (Phi) is 4.25. The number of hydrogen-bond donors (Lipinski definition) is 1. The normalized spacial score (nSPS) is 13.7. The predicted octanol–water partition coefficient (Wildman–Crippen LogP) is 2.68. The van der Waals surface area contributed by atoms with Gasteiger partial charge in [0.15, 0.2) is 11.5 Å². The summed E-state index contributed by atoms with van der Waals surface area (Å²) in [6, 6.07) is 11.5. The number of Topliss-reactive ketones (excluding diaryl/α,β-unsaturated/α-hetero) is 1. The summed E-state index contributed by atoms with van der Waals surface area (Å²) in [6.45, 7) is 4.06. The third-order valence-corrected chi connectivity index (χ3v) is 4.09. The minimum atomic E-state index is -0.535. The van der Waals surface area contributed by atoms with E-state index in [1.54, 1.807) is 6.07 Å². The lowest BCUT2D eigenvalue weighted by Crippen LogP contribution is -2.36. The Morgan fingerprint density at radius 1 is 1.12 bits per heavy atom. The van der Waals surface area contributed by atoms with Crippen molar-refractivity contribution in [1.29, 1.82) is 0 Å². The van der Waals surface area contributed by atoms with Crippen LogP contribution < -0.4 is 4.74 Å². The number of aryl methyl sites for hydroxylation is 1. The average Bonchev–Trinajstić information content (AvgIpc) is 2.77. The first-order valence-corrected chi connectivity index (χ1v) is 7.81. The molecule has 2 aromatic rings. The lowest BCUT2D eigenvalue weighted by atomic mass is 10.0. The molecule has 1 N–H and O–H groups in total. The van der Waals surface area contributed by atoms with Gasteiger partial charge in [-0.2, -0.15) is 0 Å². The number of carbonyl (C=O) groups excluding carboxylic acids is 2. The number of aromatic hydroxyl groups is 1. The number of ether oxygens (including phenoxy) is 1. The zero-order valence-electron chi connectivity index (χ0n) is 13.7. The van der Waals surface area contributed by atoms with E-state index < -0.39 is 11.7 Å². The minimum Gasteiger partial charge on any atom is -0.504 e.